The molecule has 1 N–H and O–H groups in total. The van der Waals surface area contributed by atoms with E-state index in [0.29, 0.717) is 0 Å². The van der Waals surface area contributed by atoms with Gasteiger partial charge in [0.05, 0.1) is 0 Å². The number of carbonyl (C=O) groups is 1. The lowest BCUT2D eigenvalue weighted by atomic mass is 10.3. The summed E-state index contributed by atoms with van der Waals surface area (Å²) in [5.41, 5.74) is 0. The molecule has 0 aromatic heterocycles. The van der Waals surface area contributed by atoms with E-state index in [0.717, 1.165) is 26.2 Å². The SMILES string of the molecule is [CH]C(=O)/C=C/N1CCNCC1. The molecular weight excluding hydrogens is 140 g/mol. The summed E-state index contributed by atoms with van der Waals surface area (Å²) in [6.07, 6.45) is 3.15. The molecule has 11 heavy (non-hydrogen) atoms. The van der Waals surface area contributed by atoms with E-state index in [1.54, 1.807) is 6.20 Å². The Morgan fingerprint density at radius 1 is 1.45 bits per heavy atom. The summed E-state index contributed by atoms with van der Waals surface area (Å²) in [5.74, 6) is -0.386. The van der Waals surface area contributed by atoms with Gasteiger partial charge in [-0.25, -0.2) is 0 Å². The first kappa shape index (κ1) is 8.27. The van der Waals surface area contributed by atoms with Gasteiger partial charge in [-0.1, -0.05) is 0 Å². The van der Waals surface area contributed by atoms with E-state index in [2.05, 4.69) is 10.2 Å². The lowest BCUT2D eigenvalue weighted by Gasteiger charge is -2.25. The maximum atomic E-state index is 10.3. The third-order valence-corrected chi connectivity index (χ3v) is 1.60. The van der Waals surface area contributed by atoms with E-state index < -0.39 is 0 Å². The maximum Gasteiger partial charge on any atom is 0.161 e. The molecule has 1 aliphatic rings. The lowest BCUT2D eigenvalue weighted by molar-refractivity contribution is -0.110. The first-order valence-electron chi connectivity index (χ1n) is 3.71. The van der Waals surface area contributed by atoms with Gasteiger partial charge < -0.3 is 10.2 Å². The molecule has 0 saturated carbocycles. The first-order valence-corrected chi connectivity index (χ1v) is 3.71. The topological polar surface area (TPSA) is 32.3 Å². The van der Waals surface area contributed by atoms with Gasteiger partial charge in [-0.15, -0.1) is 0 Å². The Bertz CT molecular complexity index is 159. The average molecular weight is 152 g/mol. The van der Waals surface area contributed by atoms with Gasteiger partial charge in [0.15, 0.2) is 5.78 Å². The molecule has 2 radical (unpaired) electrons. The van der Waals surface area contributed by atoms with Crippen LogP contribution in [-0.4, -0.2) is 36.9 Å². The summed E-state index contributed by atoms with van der Waals surface area (Å²) in [6, 6.07) is 0. The van der Waals surface area contributed by atoms with Gasteiger partial charge in [-0.3, -0.25) is 4.79 Å². The predicted octanol–water partition coefficient (Wildman–Crippen LogP) is -0.315. The number of ketones is 1. The van der Waals surface area contributed by atoms with E-state index in [9.17, 15) is 4.79 Å². The Labute approximate surface area is 67.1 Å². The number of hydrogen-bond donors (Lipinski definition) is 1. The standard InChI is InChI=1S/C8H12N2O/c1-8(11)2-5-10-6-3-9-4-7-10/h1-2,5,9H,3-4,6-7H2/b5-2+. The molecule has 0 spiro atoms. The second-order valence-corrected chi connectivity index (χ2v) is 2.50. The number of hydrogen-bond acceptors (Lipinski definition) is 3. The van der Waals surface area contributed by atoms with Crippen LogP contribution in [0.15, 0.2) is 12.3 Å². The van der Waals surface area contributed by atoms with Gasteiger partial charge in [0.2, 0.25) is 0 Å². The van der Waals surface area contributed by atoms with Gasteiger partial charge in [0, 0.05) is 39.3 Å². The quantitative estimate of drug-likeness (QED) is 0.551. The molecule has 0 amide bonds. The lowest BCUT2D eigenvalue weighted by Crippen LogP contribution is -2.40. The molecule has 0 aromatic carbocycles. The van der Waals surface area contributed by atoms with Crippen LogP contribution in [-0.2, 0) is 4.79 Å². The Morgan fingerprint density at radius 2 is 2.09 bits per heavy atom. The fourth-order valence-electron chi connectivity index (χ4n) is 1.01. The minimum atomic E-state index is -0.386. The minimum Gasteiger partial charge on any atom is -0.375 e. The second kappa shape index (κ2) is 4.13. The summed E-state index contributed by atoms with van der Waals surface area (Å²) in [7, 11) is 0. The minimum absolute atomic E-state index is 0.386. The van der Waals surface area contributed by atoms with Crippen molar-refractivity contribution in [1.29, 1.82) is 0 Å². The molecule has 1 fully saturated rings. The molecule has 1 rings (SSSR count). The van der Waals surface area contributed by atoms with E-state index in [1.807, 2.05) is 0 Å². The Morgan fingerprint density at radius 3 is 2.64 bits per heavy atom. The number of nitrogens with zero attached hydrogens (tertiary/aromatic N) is 1. The van der Waals surface area contributed by atoms with Gasteiger partial charge in [-0.05, 0) is 6.08 Å². The molecule has 0 atom stereocenters. The van der Waals surface area contributed by atoms with Gasteiger partial charge >= 0.3 is 0 Å². The second-order valence-electron chi connectivity index (χ2n) is 2.50. The number of piperazine rings is 1. The van der Waals surface area contributed by atoms with Crippen molar-refractivity contribution >= 4 is 5.78 Å². The summed E-state index contributed by atoms with van der Waals surface area (Å²) < 4.78 is 0. The summed E-state index contributed by atoms with van der Waals surface area (Å²) >= 11 is 0. The Hall–Kier alpha value is -0.830. The highest BCUT2D eigenvalue weighted by Gasteiger charge is 2.03. The maximum absolute atomic E-state index is 10.3. The Kier molecular flexibility index (Phi) is 3.11. The zero-order valence-corrected chi connectivity index (χ0v) is 6.42. The van der Waals surface area contributed by atoms with Gasteiger partial charge in [0.25, 0.3) is 0 Å². The number of nitrogens with one attached hydrogen (secondary N) is 1. The third-order valence-electron chi connectivity index (χ3n) is 1.60. The molecule has 1 saturated heterocycles. The van der Waals surface area contributed by atoms with Crippen LogP contribution in [0.5, 0.6) is 0 Å². The number of carbonyl (C=O) groups excluding carboxylic acids is 1. The van der Waals surface area contributed by atoms with E-state index in [4.69, 9.17) is 6.92 Å². The molecule has 0 aliphatic carbocycles. The molecule has 0 aromatic rings. The molecule has 3 heteroatoms. The van der Waals surface area contributed by atoms with Crippen LogP contribution in [0.2, 0.25) is 0 Å². The van der Waals surface area contributed by atoms with Crippen LogP contribution in [0.1, 0.15) is 0 Å². The number of rotatable bonds is 2. The monoisotopic (exact) mass is 152 g/mol. The van der Waals surface area contributed by atoms with E-state index in [-0.39, 0.29) is 5.78 Å². The van der Waals surface area contributed by atoms with Gasteiger partial charge in [0.1, 0.15) is 0 Å². The Balaban J connectivity index is 2.29. The first-order chi connectivity index (χ1) is 5.29. The van der Waals surface area contributed by atoms with Crippen LogP contribution in [0.4, 0.5) is 0 Å². The summed E-state index contributed by atoms with van der Waals surface area (Å²) in [4.78, 5) is 12.4. The molecule has 1 aliphatic heterocycles. The van der Waals surface area contributed by atoms with Crippen molar-refractivity contribution in [2.75, 3.05) is 26.2 Å². The summed E-state index contributed by atoms with van der Waals surface area (Å²) in [6.45, 7) is 8.79. The normalized spacial score (nSPS) is 19.2. The van der Waals surface area contributed by atoms with Crippen molar-refractivity contribution in [2.45, 2.75) is 0 Å². The molecule has 60 valence electrons. The fourth-order valence-corrected chi connectivity index (χ4v) is 1.01. The molecule has 3 nitrogen and oxygen atoms in total. The highest BCUT2D eigenvalue weighted by Crippen LogP contribution is 1.92. The smallest absolute Gasteiger partial charge is 0.161 e. The van der Waals surface area contributed by atoms with Crippen LogP contribution >= 0.6 is 0 Å². The molecule has 0 unspecified atom stereocenters. The van der Waals surface area contributed by atoms with Crippen LogP contribution in [0.3, 0.4) is 0 Å². The molecular formula is C8H12N2O. The fraction of sp³-hybridized carbons (Fsp3) is 0.500. The van der Waals surface area contributed by atoms with Crippen molar-refractivity contribution in [3.63, 3.8) is 0 Å². The molecule has 0 bridgehead atoms. The van der Waals surface area contributed by atoms with Gasteiger partial charge in [-0.2, -0.15) is 0 Å². The van der Waals surface area contributed by atoms with Crippen molar-refractivity contribution < 1.29 is 4.79 Å². The predicted molar refractivity (Wildman–Crippen MR) is 42.9 cm³/mol. The van der Waals surface area contributed by atoms with Crippen molar-refractivity contribution in [1.82, 2.24) is 10.2 Å². The summed E-state index contributed by atoms with van der Waals surface area (Å²) in [5, 5.41) is 3.21. The third kappa shape index (κ3) is 3.18. The zero-order valence-electron chi connectivity index (χ0n) is 6.42. The largest absolute Gasteiger partial charge is 0.375 e. The average Bonchev–Trinajstić information content (AvgIpc) is 2.03. The van der Waals surface area contributed by atoms with Crippen LogP contribution in [0, 0.1) is 6.92 Å². The highest BCUT2D eigenvalue weighted by atomic mass is 16.1. The van der Waals surface area contributed by atoms with Crippen LogP contribution in [0.25, 0.3) is 0 Å². The number of allylic oxidation sites excluding steroid dienone is 1. The van der Waals surface area contributed by atoms with Crippen molar-refractivity contribution in [3.8, 4) is 0 Å². The van der Waals surface area contributed by atoms with Crippen LogP contribution < -0.4 is 5.32 Å². The highest BCUT2D eigenvalue weighted by molar-refractivity contribution is 5.93. The van der Waals surface area contributed by atoms with Crippen molar-refractivity contribution in [2.24, 2.45) is 0 Å². The zero-order chi connectivity index (χ0) is 8.10. The van der Waals surface area contributed by atoms with E-state index >= 15 is 0 Å². The van der Waals surface area contributed by atoms with E-state index in [1.165, 1.54) is 6.08 Å². The van der Waals surface area contributed by atoms with Crippen molar-refractivity contribution in [3.05, 3.63) is 19.2 Å². The molecule has 1 heterocycles.